The number of ether oxygens (including phenoxy) is 1. The topological polar surface area (TPSA) is 70.7 Å². The zero-order valence-corrected chi connectivity index (χ0v) is 16.7. The zero-order valence-electron chi connectivity index (χ0n) is 16.7. The van der Waals surface area contributed by atoms with E-state index < -0.39 is 0 Å². The molecule has 4 rings (SSSR count). The Morgan fingerprint density at radius 2 is 1.93 bits per heavy atom. The molecule has 28 heavy (non-hydrogen) atoms. The molecule has 2 N–H and O–H groups in total. The lowest BCUT2D eigenvalue weighted by molar-refractivity contribution is -0.131. The predicted octanol–water partition coefficient (Wildman–Crippen LogP) is 1.73. The minimum absolute atomic E-state index is 0.130. The van der Waals surface area contributed by atoms with Gasteiger partial charge in [0.05, 0.1) is 13.5 Å². The van der Waals surface area contributed by atoms with Gasteiger partial charge in [0.25, 0.3) is 0 Å². The van der Waals surface area contributed by atoms with Gasteiger partial charge in [-0.2, -0.15) is 0 Å². The molecule has 3 aliphatic rings. The average Bonchev–Trinajstić information content (AvgIpc) is 3.42. The summed E-state index contributed by atoms with van der Waals surface area (Å²) >= 11 is 0. The summed E-state index contributed by atoms with van der Waals surface area (Å²) in [5.74, 6) is 1.33. The van der Waals surface area contributed by atoms with Crippen molar-refractivity contribution in [3.8, 4) is 5.75 Å². The van der Waals surface area contributed by atoms with Gasteiger partial charge in [-0.1, -0.05) is 18.2 Å². The first-order valence-electron chi connectivity index (χ1n) is 10.5. The Bertz CT molecular complexity index is 721. The number of amides is 2. The minimum Gasteiger partial charge on any atom is -0.496 e. The molecule has 1 aromatic carbocycles. The Morgan fingerprint density at radius 3 is 2.64 bits per heavy atom. The second kappa shape index (κ2) is 8.11. The third kappa shape index (κ3) is 4.02. The SMILES string of the molecule is COc1ccccc1CC(=O)N1CCC(NC(=O)C2CC23CCNCC3)CC1. The smallest absolute Gasteiger partial charge is 0.227 e. The molecule has 1 atom stereocenters. The van der Waals surface area contributed by atoms with E-state index in [-0.39, 0.29) is 29.2 Å². The third-order valence-corrected chi connectivity index (χ3v) is 6.83. The van der Waals surface area contributed by atoms with E-state index >= 15 is 0 Å². The van der Waals surface area contributed by atoms with Crippen LogP contribution in [0.25, 0.3) is 0 Å². The van der Waals surface area contributed by atoms with Gasteiger partial charge >= 0.3 is 0 Å². The van der Waals surface area contributed by atoms with Crippen molar-refractivity contribution in [3.63, 3.8) is 0 Å². The van der Waals surface area contributed by atoms with Crippen LogP contribution in [0.3, 0.4) is 0 Å². The summed E-state index contributed by atoms with van der Waals surface area (Å²) in [6.45, 7) is 3.49. The summed E-state index contributed by atoms with van der Waals surface area (Å²) in [4.78, 5) is 27.2. The fourth-order valence-corrected chi connectivity index (χ4v) is 4.89. The summed E-state index contributed by atoms with van der Waals surface area (Å²) in [7, 11) is 1.63. The van der Waals surface area contributed by atoms with Gasteiger partial charge < -0.3 is 20.3 Å². The van der Waals surface area contributed by atoms with Crippen LogP contribution < -0.4 is 15.4 Å². The van der Waals surface area contributed by atoms with Crippen molar-refractivity contribution in [1.29, 1.82) is 0 Å². The van der Waals surface area contributed by atoms with Gasteiger partial charge in [-0.25, -0.2) is 0 Å². The number of nitrogens with zero attached hydrogens (tertiary/aromatic N) is 1. The average molecular weight is 386 g/mol. The van der Waals surface area contributed by atoms with E-state index in [1.165, 1.54) is 0 Å². The molecule has 1 saturated carbocycles. The van der Waals surface area contributed by atoms with E-state index in [0.717, 1.165) is 56.5 Å². The Hall–Kier alpha value is -2.08. The Kier molecular flexibility index (Phi) is 5.58. The number of hydrogen-bond donors (Lipinski definition) is 2. The Balaban J connectivity index is 1.23. The molecule has 2 aliphatic heterocycles. The van der Waals surface area contributed by atoms with Crippen molar-refractivity contribution in [3.05, 3.63) is 29.8 Å². The van der Waals surface area contributed by atoms with Gasteiger partial charge in [0.15, 0.2) is 0 Å². The maximum atomic E-state index is 12.7. The monoisotopic (exact) mass is 385 g/mol. The largest absolute Gasteiger partial charge is 0.496 e. The van der Waals surface area contributed by atoms with Crippen LogP contribution in [0.15, 0.2) is 24.3 Å². The number of hydrogen-bond acceptors (Lipinski definition) is 4. The number of rotatable bonds is 5. The summed E-state index contributed by atoms with van der Waals surface area (Å²) < 4.78 is 5.35. The van der Waals surface area contributed by atoms with Crippen LogP contribution in [0.4, 0.5) is 0 Å². The van der Waals surface area contributed by atoms with Crippen molar-refractivity contribution >= 4 is 11.8 Å². The van der Waals surface area contributed by atoms with E-state index in [0.29, 0.717) is 19.5 Å². The molecule has 2 heterocycles. The molecular formula is C22H31N3O3. The number of piperidine rings is 2. The Labute approximate surface area is 167 Å². The number of carbonyl (C=O) groups excluding carboxylic acids is 2. The highest BCUT2D eigenvalue weighted by molar-refractivity contribution is 5.83. The fraction of sp³-hybridized carbons (Fsp3) is 0.636. The van der Waals surface area contributed by atoms with Gasteiger partial charge in [-0.05, 0) is 56.7 Å². The molecule has 0 bridgehead atoms. The van der Waals surface area contributed by atoms with Crippen molar-refractivity contribution < 1.29 is 14.3 Å². The van der Waals surface area contributed by atoms with E-state index in [9.17, 15) is 9.59 Å². The van der Waals surface area contributed by atoms with Gasteiger partial charge in [0.2, 0.25) is 11.8 Å². The van der Waals surface area contributed by atoms with E-state index in [2.05, 4.69) is 10.6 Å². The van der Waals surface area contributed by atoms with Gasteiger partial charge in [-0.3, -0.25) is 9.59 Å². The van der Waals surface area contributed by atoms with Crippen molar-refractivity contribution in [2.24, 2.45) is 11.3 Å². The third-order valence-electron chi connectivity index (χ3n) is 6.83. The lowest BCUT2D eigenvalue weighted by Gasteiger charge is -2.33. The molecule has 1 aromatic rings. The van der Waals surface area contributed by atoms with E-state index in [4.69, 9.17) is 4.74 Å². The number of nitrogens with one attached hydrogen (secondary N) is 2. The number of para-hydroxylation sites is 1. The van der Waals surface area contributed by atoms with E-state index in [1.54, 1.807) is 7.11 Å². The first-order valence-corrected chi connectivity index (χ1v) is 10.5. The van der Waals surface area contributed by atoms with Gasteiger partial charge in [0.1, 0.15) is 5.75 Å². The van der Waals surface area contributed by atoms with Crippen LogP contribution in [-0.4, -0.2) is 56.0 Å². The fourth-order valence-electron chi connectivity index (χ4n) is 4.89. The lowest BCUT2D eigenvalue weighted by atomic mass is 9.91. The molecule has 2 saturated heterocycles. The van der Waals surface area contributed by atoms with Crippen molar-refractivity contribution in [1.82, 2.24) is 15.5 Å². The molecule has 1 unspecified atom stereocenters. The molecule has 2 amide bonds. The Morgan fingerprint density at radius 1 is 1.21 bits per heavy atom. The zero-order chi connectivity index (χ0) is 19.6. The summed E-state index contributed by atoms with van der Waals surface area (Å²) in [6, 6.07) is 7.87. The molecule has 6 nitrogen and oxygen atoms in total. The molecule has 0 radical (unpaired) electrons. The highest BCUT2D eigenvalue weighted by Gasteiger charge is 2.57. The molecule has 152 valence electrons. The molecule has 3 fully saturated rings. The maximum absolute atomic E-state index is 12.7. The molecular weight excluding hydrogens is 354 g/mol. The van der Waals surface area contributed by atoms with Gasteiger partial charge in [-0.15, -0.1) is 0 Å². The second-order valence-corrected chi connectivity index (χ2v) is 8.52. The molecule has 0 aromatic heterocycles. The number of methoxy groups -OCH3 is 1. The van der Waals surface area contributed by atoms with Crippen LogP contribution in [0.2, 0.25) is 0 Å². The maximum Gasteiger partial charge on any atom is 0.227 e. The first kappa shape index (κ1) is 19.2. The minimum atomic E-state index is 0.130. The van der Waals surface area contributed by atoms with Crippen LogP contribution in [0.1, 0.15) is 37.7 Å². The summed E-state index contributed by atoms with van der Waals surface area (Å²) in [6.07, 6.45) is 5.34. The first-order chi connectivity index (χ1) is 13.6. The summed E-state index contributed by atoms with van der Waals surface area (Å²) in [5, 5.41) is 6.65. The van der Waals surface area contributed by atoms with Crippen molar-refractivity contribution in [2.45, 2.75) is 44.6 Å². The van der Waals surface area contributed by atoms with E-state index in [1.807, 2.05) is 29.2 Å². The quantitative estimate of drug-likeness (QED) is 0.810. The number of carbonyl (C=O) groups is 2. The second-order valence-electron chi connectivity index (χ2n) is 8.52. The van der Waals surface area contributed by atoms with Crippen LogP contribution in [0, 0.1) is 11.3 Å². The number of benzene rings is 1. The highest BCUT2D eigenvalue weighted by Crippen LogP contribution is 2.58. The van der Waals surface area contributed by atoms with Crippen molar-refractivity contribution in [2.75, 3.05) is 33.3 Å². The predicted molar refractivity (Wildman–Crippen MR) is 107 cm³/mol. The van der Waals surface area contributed by atoms with Crippen LogP contribution >= 0.6 is 0 Å². The highest BCUT2D eigenvalue weighted by atomic mass is 16.5. The number of likely N-dealkylation sites (tertiary alicyclic amines) is 1. The van der Waals surface area contributed by atoms with Crippen LogP contribution in [0.5, 0.6) is 5.75 Å². The van der Waals surface area contributed by atoms with Gasteiger partial charge in [0, 0.05) is 30.6 Å². The summed E-state index contributed by atoms with van der Waals surface area (Å²) in [5.41, 5.74) is 1.20. The van der Waals surface area contributed by atoms with Crippen LogP contribution in [-0.2, 0) is 16.0 Å². The molecule has 6 heteroatoms. The standard InChI is InChI=1S/C22H31N3O3/c1-28-19-5-3-2-4-16(19)14-20(26)25-12-6-17(7-13-25)24-21(27)18-15-22(18)8-10-23-11-9-22/h2-5,17-18,23H,6-15H2,1H3,(H,24,27). The molecule has 1 spiro atoms. The normalized spacial score (nSPS) is 24.0. The lowest BCUT2D eigenvalue weighted by Crippen LogP contribution is -2.47. The molecule has 1 aliphatic carbocycles.